The van der Waals surface area contributed by atoms with Gasteiger partial charge in [0.25, 0.3) is 0 Å². The highest BCUT2D eigenvalue weighted by Gasteiger charge is 2.04. The normalized spacial score (nSPS) is 11.6. The van der Waals surface area contributed by atoms with Gasteiger partial charge >= 0.3 is 11.9 Å². The third-order valence-electron chi connectivity index (χ3n) is 8.81. The SMILES string of the molecule is CCCCCCCC/C=C\CCCCCCCC(=O)OCCCNCCCOC(=O)CCCCCCC/C=C\CCCCCCCC. The van der Waals surface area contributed by atoms with Crippen molar-refractivity contribution in [3.63, 3.8) is 0 Å². The van der Waals surface area contributed by atoms with E-state index in [0.717, 1.165) is 51.6 Å². The van der Waals surface area contributed by atoms with E-state index in [-0.39, 0.29) is 11.9 Å². The Labute approximate surface area is 292 Å². The zero-order valence-corrected chi connectivity index (χ0v) is 31.5. The Hall–Kier alpha value is -1.62. The maximum Gasteiger partial charge on any atom is 0.305 e. The number of esters is 2. The summed E-state index contributed by atoms with van der Waals surface area (Å²) in [6, 6.07) is 0. The molecule has 0 aromatic carbocycles. The molecule has 47 heavy (non-hydrogen) atoms. The Morgan fingerprint density at radius 3 is 1.04 bits per heavy atom. The van der Waals surface area contributed by atoms with Gasteiger partial charge in [0.2, 0.25) is 0 Å². The third kappa shape index (κ3) is 40.5. The largest absolute Gasteiger partial charge is 0.466 e. The van der Waals surface area contributed by atoms with Gasteiger partial charge in [0.1, 0.15) is 0 Å². The third-order valence-corrected chi connectivity index (χ3v) is 8.81. The van der Waals surface area contributed by atoms with Crippen LogP contribution in [0.4, 0.5) is 0 Å². The van der Waals surface area contributed by atoms with Gasteiger partial charge in [-0.3, -0.25) is 9.59 Å². The molecule has 0 saturated carbocycles. The van der Waals surface area contributed by atoms with Crippen LogP contribution < -0.4 is 5.32 Å². The molecule has 0 aromatic rings. The molecule has 0 amide bonds. The molecule has 0 spiro atoms. The van der Waals surface area contributed by atoms with E-state index < -0.39 is 0 Å². The first kappa shape index (κ1) is 45.4. The molecule has 0 aliphatic carbocycles. The van der Waals surface area contributed by atoms with Crippen molar-refractivity contribution in [2.75, 3.05) is 26.3 Å². The predicted molar refractivity (Wildman–Crippen MR) is 203 cm³/mol. The van der Waals surface area contributed by atoms with E-state index >= 15 is 0 Å². The molecule has 0 saturated heterocycles. The van der Waals surface area contributed by atoms with Crippen LogP contribution in [0.15, 0.2) is 24.3 Å². The standard InChI is InChI=1S/C42H79NO4/c1-3-5-7-9-11-13-15-17-19-21-23-25-27-29-31-35-41(44)46-39-33-37-43-38-34-40-47-42(45)36-32-30-28-26-24-22-20-18-16-14-12-10-8-6-4-2/h17-20,43H,3-16,21-40H2,1-2H3/b19-17-,20-18-. The summed E-state index contributed by atoms with van der Waals surface area (Å²) in [6.07, 6.45) is 44.9. The molecule has 0 aliphatic heterocycles. The lowest BCUT2D eigenvalue weighted by atomic mass is 10.1. The van der Waals surface area contributed by atoms with E-state index in [0.29, 0.717) is 26.1 Å². The molecule has 5 nitrogen and oxygen atoms in total. The molecule has 276 valence electrons. The van der Waals surface area contributed by atoms with Crippen molar-refractivity contribution in [1.82, 2.24) is 5.32 Å². The Balaban J connectivity index is 3.30. The number of allylic oxidation sites excluding steroid dienone is 4. The topological polar surface area (TPSA) is 64.6 Å². The van der Waals surface area contributed by atoms with Crippen LogP contribution in [-0.2, 0) is 19.1 Å². The fourth-order valence-corrected chi connectivity index (χ4v) is 5.72. The number of hydrogen-bond acceptors (Lipinski definition) is 5. The molecule has 0 aliphatic rings. The molecule has 0 aromatic heterocycles. The van der Waals surface area contributed by atoms with E-state index in [1.165, 1.54) is 141 Å². The van der Waals surface area contributed by atoms with E-state index in [2.05, 4.69) is 43.5 Å². The number of hydrogen-bond donors (Lipinski definition) is 1. The summed E-state index contributed by atoms with van der Waals surface area (Å²) in [6.45, 7) is 7.10. The highest BCUT2D eigenvalue weighted by atomic mass is 16.5. The number of carbonyl (C=O) groups excluding carboxylic acids is 2. The first-order valence-electron chi connectivity index (χ1n) is 20.5. The summed E-state index contributed by atoms with van der Waals surface area (Å²) in [4.78, 5) is 23.9. The first-order valence-corrected chi connectivity index (χ1v) is 20.5. The van der Waals surface area contributed by atoms with E-state index in [1.54, 1.807) is 0 Å². The Morgan fingerprint density at radius 2 is 0.702 bits per heavy atom. The van der Waals surface area contributed by atoms with Crippen molar-refractivity contribution in [3.05, 3.63) is 24.3 Å². The molecule has 0 radical (unpaired) electrons. The van der Waals surface area contributed by atoms with Crippen molar-refractivity contribution in [2.24, 2.45) is 0 Å². The number of unbranched alkanes of at least 4 members (excludes halogenated alkanes) is 22. The molecule has 5 heteroatoms. The quantitative estimate of drug-likeness (QED) is 0.0405. The number of ether oxygens (including phenoxy) is 2. The zero-order chi connectivity index (χ0) is 34.1. The number of rotatable bonds is 38. The summed E-state index contributed by atoms with van der Waals surface area (Å²) < 4.78 is 10.7. The predicted octanol–water partition coefficient (Wildman–Crippen LogP) is 12.5. The summed E-state index contributed by atoms with van der Waals surface area (Å²) in [5.74, 6) is -0.137. The number of carbonyl (C=O) groups is 2. The maximum atomic E-state index is 11.9. The second-order valence-electron chi connectivity index (χ2n) is 13.6. The van der Waals surface area contributed by atoms with E-state index in [4.69, 9.17) is 9.47 Å². The van der Waals surface area contributed by atoms with Crippen LogP contribution in [0.1, 0.15) is 206 Å². The fourth-order valence-electron chi connectivity index (χ4n) is 5.72. The van der Waals surface area contributed by atoms with Crippen molar-refractivity contribution in [3.8, 4) is 0 Å². The molecule has 0 bridgehead atoms. The van der Waals surface area contributed by atoms with Crippen LogP contribution in [0.5, 0.6) is 0 Å². The number of nitrogens with one attached hydrogen (secondary N) is 1. The lowest BCUT2D eigenvalue weighted by Crippen LogP contribution is -2.20. The average molecular weight is 662 g/mol. The fraction of sp³-hybridized carbons (Fsp3) is 0.857. The van der Waals surface area contributed by atoms with Crippen LogP contribution in [0.25, 0.3) is 0 Å². The summed E-state index contributed by atoms with van der Waals surface area (Å²) in [5.41, 5.74) is 0. The summed E-state index contributed by atoms with van der Waals surface area (Å²) >= 11 is 0. The molecule has 0 rings (SSSR count). The maximum absolute atomic E-state index is 11.9. The minimum atomic E-state index is -0.0687. The Kier molecular flexibility index (Phi) is 39.2. The van der Waals surface area contributed by atoms with Crippen molar-refractivity contribution in [2.45, 2.75) is 206 Å². The van der Waals surface area contributed by atoms with Gasteiger partial charge in [-0.05, 0) is 90.1 Å². The van der Waals surface area contributed by atoms with Crippen molar-refractivity contribution < 1.29 is 19.1 Å². The van der Waals surface area contributed by atoms with Crippen molar-refractivity contribution >= 4 is 11.9 Å². The smallest absolute Gasteiger partial charge is 0.305 e. The molecule has 0 fully saturated rings. The van der Waals surface area contributed by atoms with Gasteiger partial charge in [-0.15, -0.1) is 0 Å². The summed E-state index contributed by atoms with van der Waals surface area (Å²) in [7, 11) is 0. The molecular weight excluding hydrogens is 582 g/mol. The van der Waals surface area contributed by atoms with Crippen molar-refractivity contribution in [1.29, 1.82) is 0 Å². The van der Waals surface area contributed by atoms with Gasteiger partial charge in [0.15, 0.2) is 0 Å². The average Bonchev–Trinajstić information content (AvgIpc) is 3.07. The van der Waals surface area contributed by atoms with Crippen LogP contribution >= 0.6 is 0 Å². The van der Waals surface area contributed by atoms with Gasteiger partial charge in [0.05, 0.1) is 13.2 Å². The lowest BCUT2D eigenvalue weighted by Gasteiger charge is -2.07. The summed E-state index contributed by atoms with van der Waals surface area (Å²) in [5, 5.41) is 3.34. The van der Waals surface area contributed by atoms with Crippen LogP contribution in [0.3, 0.4) is 0 Å². The highest BCUT2D eigenvalue weighted by molar-refractivity contribution is 5.69. The Bertz CT molecular complexity index is 647. The zero-order valence-electron chi connectivity index (χ0n) is 31.5. The molecule has 0 atom stereocenters. The van der Waals surface area contributed by atoms with Gasteiger partial charge < -0.3 is 14.8 Å². The minimum Gasteiger partial charge on any atom is -0.466 e. The van der Waals surface area contributed by atoms with E-state index in [9.17, 15) is 9.59 Å². The second-order valence-corrected chi connectivity index (χ2v) is 13.6. The van der Waals surface area contributed by atoms with Crippen LogP contribution in [0, 0.1) is 0 Å². The van der Waals surface area contributed by atoms with Crippen LogP contribution in [0.2, 0.25) is 0 Å². The minimum absolute atomic E-state index is 0.0687. The van der Waals surface area contributed by atoms with Gasteiger partial charge in [-0.2, -0.15) is 0 Å². The van der Waals surface area contributed by atoms with E-state index in [1.807, 2.05) is 0 Å². The monoisotopic (exact) mass is 662 g/mol. The second kappa shape index (κ2) is 40.6. The molecule has 0 unspecified atom stereocenters. The molecular formula is C42H79NO4. The lowest BCUT2D eigenvalue weighted by molar-refractivity contribution is -0.144. The first-order chi connectivity index (χ1) is 23.2. The van der Waals surface area contributed by atoms with Crippen LogP contribution in [-0.4, -0.2) is 38.2 Å². The molecule has 1 N–H and O–H groups in total. The highest BCUT2D eigenvalue weighted by Crippen LogP contribution is 2.12. The van der Waals surface area contributed by atoms with Gasteiger partial charge in [-0.1, -0.05) is 141 Å². The molecule has 0 heterocycles. The van der Waals surface area contributed by atoms with Gasteiger partial charge in [-0.25, -0.2) is 0 Å². The Morgan fingerprint density at radius 1 is 0.404 bits per heavy atom. The van der Waals surface area contributed by atoms with Gasteiger partial charge in [0, 0.05) is 12.8 Å².